The van der Waals surface area contributed by atoms with E-state index >= 15 is 0 Å². The fraction of sp³-hybridized carbons (Fsp3) is 0.769. The van der Waals surface area contributed by atoms with Gasteiger partial charge in [-0.2, -0.15) is 4.98 Å². The standard InChI is InChI=1S/C13H23N5O2/c1-4-14-13(15-7-12-16-10(2)20-17-12)18(3)8-11-5-6-19-9-11/h11H,4-9H2,1-3H3,(H,14,15). The highest BCUT2D eigenvalue weighted by Gasteiger charge is 2.19. The number of hydrogen-bond donors (Lipinski definition) is 1. The minimum Gasteiger partial charge on any atom is -0.381 e. The summed E-state index contributed by atoms with van der Waals surface area (Å²) in [6.07, 6.45) is 1.12. The van der Waals surface area contributed by atoms with Crippen LogP contribution in [0.4, 0.5) is 0 Å². The molecule has 1 unspecified atom stereocenters. The number of aryl methyl sites for hydroxylation is 1. The Morgan fingerprint density at radius 2 is 2.40 bits per heavy atom. The Kier molecular flexibility index (Phi) is 5.34. The fourth-order valence-electron chi connectivity index (χ4n) is 2.22. The molecule has 1 aliphatic rings. The SMILES string of the molecule is CCNC(=NCc1noc(C)n1)N(C)CC1CCOC1. The zero-order valence-electron chi connectivity index (χ0n) is 12.4. The fourth-order valence-corrected chi connectivity index (χ4v) is 2.22. The summed E-state index contributed by atoms with van der Waals surface area (Å²) < 4.78 is 10.4. The van der Waals surface area contributed by atoms with Crippen LogP contribution in [0.25, 0.3) is 0 Å². The summed E-state index contributed by atoms with van der Waals surface area (Å²) in [5, 5.41) is 7.13. The van der Waals surface area contributed by atoms with Crippen molar-refractivity contribution >= 4 is 5.96 Å². The number of nitrogens with one attached hydrogen (secondary N) is 1. The van der Waals surface area contributed by atoms with Crippen LogP contribution in [-0.4, -0.2) is 54.4 Å². The monoisotopic (exact) mass is 281 g/mol. The lowest BCUT2D eigenvalue weighted by molar-refractivity contribution is 0.181. The van der Waals surface area contributed by atoms with Crippen LogP contribution < -0.4 is 5.32 Å². The van der Waals surface area contributed by atoms with E-state index in [9.17, 15) is 0 Å². The summed E-state index contributed by atoms with van der Waals surface area (Å²) in [4.78, 5) is 10.8. The molecular weight excluding hydrogens is 258 g/mol. The van der Waals surface area contributed by atoms with Gasteiger partial charge in [-0.25, -0.2) is 4.99 Å². The van der Waals surface area contributed by atoms with Crippen molar-refractivity contribution in [3.63, 3.8) is 0 Å². The van der Waals surface area contributed by atoms with Gasteiger partial charge in [0.2, 0.25) is 5.89 Å². The molecule has 1 saturated heterocycles. The lowest BCUT2D eigenvalue weighted by Crippen LogP contribution is -2.41. The molecule has 1 fully saturated rings. The average molecular weight is 281 g/mol. The molecule has 0 amide bonds. The van der Waals surface area contributed by atoms with Crippen molar-refractivity contribution in [1.29, 1.82) is 0 Å². The molecule has 0 radical (unpaired) electrons. The number of aromatic nitrogens is 2. The van der Waals surface area contributed by atoms with Crippen LogP contribution in [0.15, 0.2) is 9.52 Å². The maximum Gasteiger partial charge on any atom is 0.223 e. The number of rotatable bonds is 5. The molecule has 1 aromatic heterocycles. The summed E-state index contributed by atoms with van der Waals surface area (Å²) in [6.45, 7) is 7.73. The predicted octanol–water partition coefficient (Wildman–Crippen LogP) is 0.812. The average Bonchev–Trinajstić information content (AvgIpc) is 3.06. The first-order valence-corrected chi connectivity index (χ1v) is 7.05. The van der Waals surface area contributed by atoms with Crippen LogP contribution in [-0.2, 0) is 11.3 Å². The second-order valence-corrected chi connectivity index (χ2v) is 5.01. The highest BCUT2D eigenvalue weighted by molar-refractivity contribution is 5.79. The zero-order valence-corrected chi connectivity index (χ0v) is 12.4. The van der Waals surface area contributed by atoms with Gasteiger partial charge in [0.1, 0.15) is 6.54 Å². The van der Waals surface area contributed by atoms with Gasteiger partial charge in [0.15, 0.2) is 11.8 Å². The van der Waals surface area contributed by atoms with Crippen LogP contribution in [0.5, 0.6) is 0 Å². The second kappa shape index (κ2) is 7.23. The quantitative estimate of drug-likeness (QED) is 0.636. The number of hydrogen-bond acceptors (Lipinski definition) is 5. The van der Waals surface area contributed by atoms with E-state index in [1.54, 1.807) is 6.92 Å². The van der Waals surface area contributed by atoms with Gasteiger partial charge in [-0.1, -0.05) is 5.16 Å². The molecule has 2 heterocycles. The van der Waals surface area contributed by atoms with Crippen molar-refractivity contribution in [3.05, 3.63) is 11.7 Å². The van der Waals surface area contributed by atoms with E-state index in [4.69, 9.17) is 9.26 Å². The summed E-state index contributed by atoms with van der Waals surface area (Å²) in [6, 6.07) is 0. The molecule has 2 rings (SSSR count). The summed E-state index contributed by atoms with van der Waals surface area (Å²) in [7, 11) is 2.04. The normalized spacial score (nSPS) is 19.4. The van der Waals surface area contributed by atoms with Crippen molar-refractivity contribution in [3.8, 4) is 0 Å². The highest BCUT2D eigenvalue weighted by atomic mass is 16.5. The van der Waals surface area contributed by atoms with Crippen LogP contribution in [0.1, 0.15) is 25.1 Å². The van der Waals surface area contributed by atoms with Gasteiger partial charge in [0.05, 0.1) is 6.61 Å². The molecule has 0 saturated carbocycles. The van der Waals surface area contributed by atoms with E-state index in [1.807, 2.05) is 7.05 Å². The van der Waals surface area contributed by atoms with Gasteiger partial charge in [-0.15, -0.1) is 0 Å². The minimum absolute atomic E-state index is 0.422. The maximum atomic E-state index is 5.41. The molecule has 20 heavy (non-hydrogen) atoms. The maximum absolute atomic E-state index is 5.41. The van der Waals surface area contributed by atoms with E-state index in [-0.39, 0.29) is 0 Å². The van der Waals surface area contributed by atoms with Crippen molar-refractivity contribution in [1.82, 2.24) is 20.4 Å². The Labute approximate surface area is 119 Å². The van der Waals surface area contributed by atoms with E-state index in [1.165, 1.54) is 0 Å². The first-order valence-electron chi connectivity index (χ1n) is 7.05. The van der Waals surface area contributed by atoms with Crippen molar-refractivity contribution < 1.29 is 9.26 Å². The number of guanidine groups is 1. The third kappa shape index (κ3) is 4.19. The molecular formula is C13H23N5O2. The van der Waals surface area contributed by atoms with Crippen LogP contribution >= 0.6 is 0 Å². The molecule has 0 aromatic carbocycles. The van der Waals surface area contributed by atoms with Gasteiger partial charge in [-0.3, -0.25) is 0 Å². The summed E-state index contributed by atoms with van der Waals surface area (Å²) >= 11 is 0. The second-order valence-electron chi connectivity index (χ2n) is 5.01. The molecule has 0 bridgehead atoms. The Morgan fingerprint density at radius 3 is 3.00 bits per heavy atom. The lowest BCUT2D eigenvalue weighted by Gasteiger charge is -2.24. The van der Waals surface area contributed by atoms with Gasteiger partial charge in [0.25, 0.3) is 0 Å². The smallest absolute Gasteiger partial charge is 0.223 e. The topological polar surface area (TPSA) is 75.8 Å². The van der Waals surface area contributed by atoms with Crippen LogP contribution in [0.3, 0.4) is 0 Å². The van der Waals surface area contributed by atoms with Gasteiger partial charge >= 0.3 is 0 Å². The van der Waals surface area contributed by atoms with Gasteiger partial charge < -0.3 is 19.5 Å². The molecule has 7 heteroatoms. The van der Waals surface area contributed by atoms with E-state index in [0.29, 0.717) is 24.2 Å². The molecule has 1 atom stereocenters. The minimum atomic E-state index is 0.422. The Bertz CT molecular complexity index is 440. The first kappa shape index (κ1) is 14.8. The zero-order chi connectivity index (χ0) is 14.4. The van der Waals surface area contributed by atoms with Gasteiger partial charge in [0, 0.05) is 39.6 Å². The lowest BCUT2D eigenvalue weighted by atomic mass is 10.1. The Morgan fingerprint density at radius 1 is 1.55 bits per heavy atom. The van der Waals surface area contributed by atoms with Crippen LogP contribution in [0, 0.1) is 12.8 Å². The molecule has 112 valence electrons. The molecule has 0 aliphatic carbocycles. The van der Waals surface area contributed by atoms with Crippen molar-refractivity contribution in [2.24, 2.45) is 10.9 Å². The van der Waals surface area contributed by atoms with Gasteiger partial charge in [-0.05, 0) is 13.3 Å². The summed E-state index contributed by atoms with van der Waals surface area (Å²) in [5.74, 6) is 2.62. The first-order chi connectivity index (χ1) is 9.69. The Hall–Kier alpha value is -1.63. The third-order valence-corrected chi connectivity index (χ3v) is 3.19. The highest BCUT2D eigenvalue weighted by Crippen LogP contribution is 2.13. The number of ether oxygens (including phenoxy) is 1. The molecule has 1 N–H and O–H groups in total. The molecule has 7 nitrogen and oxygen atoms in total. The van der Waals surface area contributed by atoms with Crippen molar-refractivity contribution in [2.45, 2.75) is 26.8 Å². The number of aliphatic imine (C=N–C) groups is 1. The largest absolute Gasteiger partial charge is 0.381 e. The molecule has 1 aromatic rings. The third-order valence-electron chi connectivity index (χ3n) is 3.19. The van der Waals surface area contributed by atoms with E-state index in [0.717, 1.165) is 38.7 Å². The molecule has 1 aliphatic heterocycles. The van der Waals surface area contributed by atoms with Crippen LogP contribution in [0.2, 0.25) is 0 Å². The molecule has 0 spiro atoms. The van der Waals surface area contributed by atoms with Crippen molar-refractivity contribution in [2.75, 3.05) is 33.4 Å². The number of nitrogens with zero attached hydrogens (tertiary/aromatic N) is 4. The Balaban J connectivity index is 1.93. The van der Waals surface area contributed by atoms with E-state index < -0.39 is 0 Å². The predicted molar refractivity (Wildman–Crippen MR) is 75.4 cm³/mol. The van der Waals surface area contributed by atoms with E-state index in [2.05, 4.69) is 32.3 Å². The summed E-state index contributed by atoms with van der Waals surface area (Å²) in [5.41, 5.74) is 0.